The van der Waals surface area contributed by atoms with Crippen LogP contribution in [0.1, 0.15) is 22.3 Å². The van der Waals surface area contributed by atoms with Gasteiger partial charge in [0.25, 0.3) is 5.91 Å². The minimum atomic E-state index is -0.114. The lowest BCUT2D eigenvalue weighted by Crippen LogP contribution is -2.31. The highest BCUT2D eigenvalue weighted by Gasteiger charge is 2.17. The molecule has 0 saturated heterocycles. The Morgan fingerprint density at radius 3 is 2.50 bits per heavy atom. The molecule has 1 amide bonds. The van der Waals surface area contributed by atoms with Crippen LogP contribution in [-0.4, -0.2) is 38.2 Å². The summed E-state index contributed by atoms with van der Waals surface area (Å²) >= 11 is 1.36. The SMILES string of the molecule is COc1ccc(-c2nc(C)c(C(=O)NCC(C)CN)s2)cc1OC.Cl.Cl. The fraction of sp³-hybridized carbons (Fsp3) is 0.412. The Balaban J connectivity index is 0.00000312. The second-order valence-corrected chi connectivity index (χ2v) is 6.55. The number of nitrogens with two attached hydrogens (primary N) is 1. The zero-order valence-electron chi connectivity index (χ0n) is 15.2. The van der Waals surface area contributed by atoms with Gasteiger partial charge in [-0.05, 0) is 37.6 Å². The fourth-order valence-corrected chi connectivity index (χ4v) is 3.11. The number of ether oxygens (including phenoxy) is 2. The quantitative estimate of drug-likeness (QED) is 0.715. The summed E-state index contributed by atoms with van der Waals surface area (Å²) in [5, 5.41) is 3.67. The van der Waals surface area contributed by atoms with Gasteiger partial charge in [-0.3, -0.25) is 4.79 Å². The summed E-state index contributed by atoms with van der Waals surface area (Å²) < 4.78 is 10.6. The molecule has 0 aliphatic heterocycles. The van der Waals surface area contributed by atoms with Gasteiger partial charge in [0.15, 0.2) is 11.5 Å². The average Bonchev–Trinajstić information content (AvgIpc) is 3.00. The van der Waals surface area contributed by atoms with Crippen LogP contribution in [0, 0.1) is 12.8 Å². The first-order valence-electron chi connectivity index (χ1n) is 7.68. The second-order valence-electron chi connectivity index (χ2n) is 5.55. The number of hydrogen-bond donors (Lipinski definition) is 2. The molecule has 1 unspecified atom stereocenters. The van der Waals surface area contributed by atoms with E-state index < -0.39 is 0 Å². The molecule has 0 fully saturated rings. The summed E-state index contributed by atoms with van der Waals surface area (Å²) in [5.41, 5.74) is 7.17. The third-order valence-corrected chi connectivity index (χ3v) is 4.85. The normalized spacial score (nSPS) is 11.0. The van der Waals surface area contributed by atoms with Crippen molar-refractivity contribution in [2.75, 3.05) is 27.3 Å². The van der Waals surface area contributed by atoms with Crippen LogP contribution in [0.2, 0.25) is 0 Å². The molecule has 1 atom stereocenters. The molecular weight excluding hydrogens is 397 g/mol. The van der Waals surface area contributed by atoms with Crippen LogP contribution in [0.15, 0.2) is 18.2 Å². The lowest BCUT2D eigenvalue weighted by molar-refractivity contribution is 0.0952. The molecule has 0 spiro atoms. The van der Waals surface area contributed by atoms with Crippen molar-refractivity contribution in [2.45, 2.75) is 13.8 Å². The molecule has 0 aliphatic carbocycles. The minimum Gasteiger partial charge on any atom is -0.493 e. The molecule has 9 heteroatoms. The summed E-state index contributed by atoms with van der Waals surface area (Å²) in [6, 6.07) is 5.58. The summed E-state index contributed by atoms with van der Waals surface area (Å²) in [7, 11) is 3.18. The first-order chi connectivity index (χ1) is 11.5. The van der Waals surface area contributed by atoms with E-state index in [-0.39, 0.29) is 36.6 Å². The molecule has 0 radical (unpaired) electrons. The highest BCUT2D eigenvalue weighted by Crippen LogP contribution is 2.34. The first kappa shape index (κ1) is 24.5. The van der Waals surface area contributed by atoms with Crippen molar-refractivity contribution in [1.82, 2.24) is 10.3 Å². The van der Waals surface area contributed by atoms with Crippen molar-refractivity contribution >= 4 is 42.1 Å². The van der Waals surface area contributed by atoms with Gasteiger partial charge in [-0.2, -0.15) is 0 Å². The number of thiazole rings is 1. The van der Waals surface area contributed by atoms with Crippen molar-refractivity contribution in [3.63, 3.8) is 0 Å². The molecule has 26 heavy (non-hydrogen) atoms. The number of hydrogen-bond acceptors (Lipinski definition) is 6. The summed E-state index contributed by atoms with van der Waals surface area (Å²) in [4.78, 5) is 17.5. The Morgan fingerprint density at radius 2 is 1.92 bits per heavy atom. The number of aryl methyl sites for hydroxylation is 1. The van der Waals surface area contributed by atoms with Crippen molar-refractivity contribution in [1.29, 1.82) is 0 Å². The smallest absolute Gasteiger partial charge is 0.263 e. The Kier molecular flexibility index (Phi) is 10.6. The molecular formula is C17H25Cl2N3O3S. The molecule has 2 rings (SSSR count). The Morgan fingerprint density at radius 1 is 1.27 bits per heavy atom. The number of carbonyl (C=O) groups is 1. The summed E-state index contributed by atoms with van der Waals surface area (Å²) in [6.07, 6.45) is 0. The van der Waals surface area contributed by atoms with Crippen LogP contribution >= 0.6 is 36.2 Å². The maximum absolute atomic E-state index is 12.3. The number of nitrogens with zero attached hydrogens (tertiary/aromatic N) is 1. The van der Waals surface area contributed by atoms with E-state index in [2.05, 4.69) is 10.3 Å². The van der Waals surface area contributed by atoms with Gasteiger partial charge >= 0.3 is 0 Å². The number of amides is 1. The minimum absolute atomic E-state index is 0. The predicted molar refractivity (Wildman–Crippen MR) is 110 cm³/mol. The van der Waals surface area contributed by atoms with E-state index in [1.807, 2.05) is 32.0 Å². The van der Waals surface area contributed by atoms with Gasteiger partial charge in [0.2, 0.25) is 0 Å². The summed E-state index contributed by atoms with van der Waals surface area (Å²) in [5.74, 6) is 1.42. The zero-order chi connectivity index (χ0) is 17.7. The Hall–Kier alpha value is -1.54. The van der Waals surface area contributed by atoms with Crippen molar-refractivity contribution < 1.29 is 14.3 Å². The van der Waals surface area contributed by atoms with Gasteiger partial charge in [-0.15, -0.1) is 36.2 Å². The van der Waals surface area contributed by atoms with E-state index in [0.717, 1.165) is 10.6 Å². The Labute approximate surface area is 170 Å². The van der Waals surface area contributed by atoms with Gasteiger partial charge in [0, 0.05) is 12.1 Å². The molecule has 0 bridgehead atoms. The van der Waals surface area contributed by atoms with Crippen LogP contribution in [0.5, 0.6) is 11.5 Å². The van der Waals surface area contributed by atoms with Crippen molar-refractivity contribution in [2.24, 2.45) is 11.7 Å². The number of halogens is 2. The maximum Gasteiger partial charge on any atom is 0.263 e. The van der Waals surface area contributed by atoms with E-state index in [1.165, 1.54) is 11.3 Å². The van der Waals surface area contributed by atoms with Gasteiger partial charge in [-0.25, -0.2) is 4.98 Å². The van der Waals surface area contributed by atoms with E-state index in [0.29, 0.717) is 35.2 Å². The van der Waals surface area contributed by atoms with E-state index in [9.17, 15) is 4.79 Å². The van der Waals surface area contributed by atoms with E-state index in [4.69, 9.17) is 15.2 Å². The van der Waals surface area contributed by atoms with Gasteiger partial charge in [0.1, 0.15) is 9.88 Å². The zero-order valence-corrected chi connectivity index (χ0v) is 17.6. The lowest BCUT2D eigenvalue weighted by atomic mass is 10.2. The number of methoxy groups -OCH3 is 2. The van der Waals surface area contributed by atoms with Crippen LogP contribution in [-0.2, 0) is 0 Å². The molecule has 0 saturated carbocycles. The highest BCUT2D eigenvalue weighted by atomic mass is 35.5. The van der Waals surface area contributed by atoms with Crippen LogP contribution in [0.3, 0.4) is 0 Å². The molecule has 1 aromatic heterocycles. The predicted octanol–water partition coefficient (Wildman–Crippen LogP) is 3.30. The second kappa shape index (κ2) is 11.2. The van der Waals surface area contributed by atoms with E-state index in [1.54, 1.807) is 14.2 Å². The third-order valence-electron chi connectivity index (χ3n) is 3.65. The van der Waals surface area contributed by atoms with E-state index >= 15 is 0 Å². The number of rotatable bonds is 7. The molecule has 3 N–H and O–H groups in total. The number of aromatic nitrogens is 1. The van der Waals surface area contributed by atoms with Crippen molar-refractivity contribution in [3.05, 3.63) is 28.8 Å². The number of benzene rings is 1. The molecule has 2 aromatic rings. The van der Waals surface area contributed by atoms with Gasteiger partial charge in [-0.1, -0.05) is 6.92 Å². The monoisotopic (exact) mass is 421 g/mol. The molecule has 1 heterocycles. The van der Waals surface area contributed by atoms with Crippen LogP contribution in [0.25, 0.3) is 10.6 Å². The largest absolute Gasteiger partial charge is 0.493 e. The molecule has 6 nitrogen and oxygen atoms in total. The number of carbonyl (C=O) groups excluding carboxylic acids is 1. The molecule has 1 aromatic carbocycles. The average molecular weight is 422 g/mol. The van der Waals surface area contributed by atoms with Crippen LogP contribution in [0.4, 0.5) is 0 Å². The van der Waals surface area contributed by atoms with Crippen molar-refractivity contribution in [3.8, 4) is 22.1 Å². The van der Waals surface area contributed by atoms with Gasteiger partial charge < -0.3 is 20.5 Å². The first-order valence-corrected chi connectivity index (χ1v) is 8.49. The maximum atomic E-state index is 12.3. The lowest BCUT2D eigenvalue weighted by Gasteiger charge is -2.09. The number of nitrogens with one attached hydrogen (secondary N) is 1. The summed E-state index contributed by atoms with van der Waals surface area (Å²) in [6.45, 7) is 4.92. The van der Waals surface area contributed by atoms with Crippen LogP contribution < -0.4 is 20.5 Å². The fourth-order valence-electron chi connectivity index (χ4n) is 2.13. The molecule has 146 valence electrons. The highest BCUT2D eigenvalue weighted by molar-refractivity contribution is 7.17. The Bertz CT molecular complexity index is 725. The van der Waals surface area contributed by atoms with Gasteiger partial charge in [0.05, 0.1) is 19.9 Å². The standard InChI is InChI=1S/C17H23N3O3S.2ClH/c1-10(8-18)9-19-16(21)15-11(2)20-17(24-15)12-5-6-13(22-3)14(7-12)23-4;;/h5-7,10H,8-9,18H2,1-4H3,(H,19,21);2*1H. The third kappa shape index (κ3) is 5.74. The topological polar surface area (TPSA) is 86.5 Å². The molecule has 0 aliphatic rings.